The molecule has 5 nitrogen and oxygen atoms in total. The average Bonchev–Trinajstić information content (AvgIpc) is 2.46. The Morgan fingerprint density at radius 2 is 2.38 bits per heavy atom. The van der Waals surface area contributed by atoms with Crippen LogP contribution in [0.2, 0.25) is 0 Å². The number of aromatic nitrogens is 2. The Morgan fingerprint density at radius 3 is 2.77 bits per heavy atom. The molecule has 1 aromatic rings. The number of nitrogens with zero attached hydrogens (tertiary/aromatic N) is 2. The lowest BCUT2D eigenvalue weighted by Gasteiger charge is -2.03. The quantitative estimate of drug-likeness (QED) is 0.666. The van der Waals surface area contributed by atoms with E-state index < -0.39 is 5.97 Å². The van der Waals surface area contributed by atoms with Crippen molar-refractivity contribution in [2.75, 3.05) is 7.11 Å². The minimum Gasteiger partial charge on any atom is -0.464 e. The number of methoxy groups -OCH3 is 1. The number of hydrogen-bond donors (Lipinski definition) is 1. The van der Waals surface area contributed by atoms with Crippen molar-refractivity contribution in [3.05, 3.63) is 17.5 Å². The molecule has 2 N–H and O–H groups in total. The standard InChI is InChI=1S/C8H13N3O2/c1-5(9)7-4-6(8(12)13-3)10-11(7)2/h4-5H,9H2,1-3H3/t5-/m0/s1. The monoisotopic (exact) mass is 183 g/mol. The fourth-order valence-electron chi connectivity index (χ4n) is 1.11. The summed E-state index contributed by atoms with van der Waals surface area (Å²) >= 11 is 0. The third-order valence-electron chi connectivity index (χ3n) is 1.78. The van der Waals surface area contributed by atoms with Crippen LogP contribution in [-0.4, -0.2) is 22.9 Å². The van der Waals surface area contributed by atoms with Crippen LogP contribution in [0.3, 0.4) is 0 Å². The molecular weight excluding hydrogens is 170 g/mol. The Labute approximate surface area is 76.5 Å². The van der Waals surface area contributed by atoms with E-state index >= 15 is 0 Å². The first kappa shape index (κ1) is 9.73. The maximum Gasteiger partial charge on any atom is 0.358 e. The van der Waals surface area contributed by atoms with Gasteiger partial charge in [0.25, 0.3) is 0 Å². The van der Waals surface area contributed by atoms with Crippen LogP contribution in [0.15, 0.2) is 6.07 Å². The molecule has 0 unspecified atom stereocenters. The molecule has 0 amide bonds. The minimum atomic E-state index is -0.442. The highest BCUT2D eigenvalue weighted by atomic mass is 16.5. The van der Waals surface area contributed by atoms with Crippen LogP contribution in [-0.2, 0) is 11.8 Å². The Kier molecular flexibility index (Phi) is 2.67. The van der Waals surface area contributed by atoms with Gasteiger partial charge in [0.2, 0.25) is 0 Å². The van der Waals surface area contributed by atoms with Gasteiger partial charge < -0.3 is 10.5 Å². The van der Waals surface area contributed by atoms with Crippen molar-refractivity contribution in [2.45, 2.75) is 13.0 Å². The van der Waals surface area contributed by atoms with E-state index in [1.54, 1.807) is 17.8 Å². The van der Waals surface area contributed by atoms with Gasteiger partial charge in [0.1, 0.15) is 0 Å². The van der Waals surface area contributed by atoms with Gasteiger partial charge in [-0.05, 0) is 13.0 Å². The normalized spacial score (nSPS) is 12.6. The number of ether oxygens (including phenoxy) is 1. The Balaban J connectivity index is 3.02. The summed E-state index contributed by atoms with van der Waals surface area (Å²) in [5.41, 5.74) is 6.75. The topological polar surface area (TPSA) is 70.1 Å². The van der Waals surface area contributed by atoms with Gasteiger partial charge in [0.05, 0.1) is 12.8 Å². The van der Waals surface area contributed by atoms with Gasteiger partial charge in [-0.3, -0.25) is 4.68 Å². The first-order valence-electron chi connectivity index (χ1n) is 3.94. The molecule has 5 heteroatoms. The number of carbonyl (C=O) groups is 1. The number of nitrogens with two attached hydrogens (primary N) is 1. The molecule has 0 aliphatic heterocycles. The van der Waals surface area contributed by atoms with Gasteiger partial charge in [0.15, 0.2) is 5.69 Å². The summed E-state index contributed by atoms with van der Waals surface area (Å²) in [5.74, 6) is -0.442. The van der Waals surface area contributed by atoms with Gasteiger partial charge in [-0.2, -0.15) is 5.10 Å². The van der Waals surface area contributed by atoms with E-state index in [0.29, 0.717) is 0 Å². The molecule has 1 atom stereocenters. The molecule has 0 saturated carbocycles. The van der Waals surface area contributed by atoms with Gasteiger partial charge in [-0.15, -0.1) is 0 Å². The van der Waals surface area contributed by atoms with E-state index in [1.807, 2.05) is 6.92 Å². The highest BCUT2D eigenvalue weighted by Gasteiger charge is 2.14. The van der Waals surface area contributed by atoms with E-state index in [2.05, 4.69) is 9.84 Å². The lowest BCUT2D eigenvalue weighted by atomic mass is 10.2. The van der Waals surface area contributed by atoms with Crippen molar-refractivity contribution in [2.24, 2.45) is 12.8 Å². The van der Waals surface area contributed by atoms with Crippen molar-refractivity contribution >= 4 is 5.97 Å². The second-order valence-electron chi connectivity index (χ2n) is 2.86. The van der Waals surface area contributed by atoms with E-state index in [0.717, 1.165) is 5.69 Å². The minimum absolute atomic E-state index is 0.143. The molecule has 0 spiro atoms. The molecule has 1 heterocycles. The zero-order valence-corrected chi connectivity index (χ0v) is 7.94. The summed E-state index contributed by atoms with van der Waals surface area (Å²) in [4.78, 5) is 11.1. The predicted molar refractivity (Wildman–Crippen MR) is 47.1 cm³/mol. The number of aryl methyl sites for hydroxylation is 1. The van der Waals surface area contributed by atoms with Gasteiger partial charge in [-0.1, -0.05) is 0 Å². The molecule has 0 bridgehead atoms. The second-order valence-corrected chi connectivity index (χ2v) is 2.86. The van der Waals surface area contributed by atoms with Crippen LogP contribution in [0.5, 0.6) is 0 Å². The molecule has 1 aromatic heterocycles. The average molecular weight is 183 g/mol. The molecular formula is C8H13N3O2. The van der Waals surface area contributed by atoms with E-state index in [4.69, 9.17) is 5.73 Å². The largest absolute Gasteiger partial charge is 0.464 e. The van der Waals surface area contributed by atoms with Gasteiger partial charge in [-0.25, -0.2) is 4.79 Å². The number of esters is 1. The van der Waals surface area contributed by atoms with Crippen molar-refractivity contribution < 1.29 is 9.53 Å². The zero-order valence-electron chi connectivity index (χ0n) is 7.94. The van der Waals surface area contributed by atoms with E-state index in [9.17, 15) is 4.79 Å². The van der Waals surface area contributed by atoms with Gasteiger partial charge in [0, 0.05) is 13.1 Å². The van der Waals surface area contributed by atoms with Crippen molar-refractivity contribution in [1.29, 1.82) is 0 Å². The number of carbonyl (C=O) groups excluding carboxylic acids is 1. The predicted octanol–water partition coefficient (Wildman–Crippen LogP) is 0.226. The number of hydrogen-bond acceptors (Lipinski definition) is 4. The molecule has 0 radical (unpaired) electrons. The van der Waals surface area contributed by atoms with Crippen molar-refractivity contribution in [3.8, 4) is 0 Å². The van der Waals surface area contributed by atoms with Crippen LogP contribution < -0.4 is 5.73 Å². The van der Waals surface area contributed by atoms with E-state index in [1.165, 1.54) is 7.11 Å². The maximum atomic E-state index is 11.1. The molecule has 0 saturated heterocycles. The van der Waals surface area contributed by atoms with Crippen LogP contribution in [0.4, 0.5) is 0 Å². The molecule has 72 valence electrons. The molecule has 0 aliphatic carbocycles. The Hall–Kier alpha value is -1.36. The number of rotatable bonds is 2. The second kappa shape index (κ2) is 3.57. The summed E-state index contributed by atoms with van der Waals surface area (Å²) in [6.45, 7) is 1.83. The molecule has 13 heavy (non-hydrogen) atoms. The first-order chi connectivity index (χ1) is 6.06. The SMILES string of the molecule is COC(=O)c1cc([C@H](C)N)n(C)n1. The summed E-state index contributed by atoms with van der Waals surface area (Å²) in [6, 6.07) is 1.49. The molecule has 0 aliphatic rings. The van der Waals surface area contributed by atoms with E-state index in [-0.39, 0.29) is 11.7 Å². The fourth-order valence-corrected chi connectivity index (χ4v) is 1.11. The van der Waals surface area contributed by atoms with Crippen LogP contribution >= 0.6 is 0 Å². The molecule has 0 aromatic carbocycles. The lowest BCUT2D eigenvalue weighted by Crippen LogP contribution is -2.10. The Bertz CT molecular complexity index is 317. The highest BCUT2D eigenvalue weighted by Crippen LogP contribution is 2.10. The summed E-state index contributed by atoms with van der Waals surface area (Å²) in [5, 5.41) is 3.96. The van der Waals surface area contributed by atoms with Crippen molar-refractivity contribution in [3.63, 3.8) is 0 Å². The molecule has 0 fully saturated rings. The third kappa shape index (κ3) is 1.86. The lowest BCUT2D eigenvalue weighted by molar-refractivity contribution is 0.0593. The van der Waals surface area contributed by atoms with Crippen molar-refractivity contribution in [1.82, 2.24) is 9.78 Å². The van der Waals surface area contributed by atoms with Crippen LogP contribution in [0.1, 0.15) is 29.1 Å². The third-order valence-corrected chi connectivity index (χ3v) is 1.78. The first-order valence-corrected chi connectivity index (χ1v) is 3.94. The van der Waals surface area contributed by atoms with Crippen LogP contribution in [0, 0.1) is 0 Å². The smallest absolute Gasteiger partial charge is 0.358 e. The highest BCUT2D eigenvalue weighted by molar-refractivity contribution is 5.87. The fraction of sp³-hybridized carbons (Fsp3) is 0.500. The summed E-state index contributed by atoms with van der Waals surface area (Å²) in [7, 11) is 3.06. The summed E-state index contributed by atoms with van der Waals surface area (Å²) < 4.78 is 6.11. The molecule has 1 rings (SSSR count). The van der Waals surface area contributed by atoms with Crippen LogP contribution in [0.25, 0.3) is 0 Å². The summed E-state index contributed by atoms with van der Waals surface area (Å²) in [6.07, 6.45) is 0. The zero-order chi connectivity index (χ0) is 10.0. The Morgan fingerprint density at radius 1 is 1.77 bits per heavy atom. The maximum absolute atomic E-state index is 11.1. The van der Waals surface area contributed by atoms with Gasteiger partial charge >= 0.3 is 5.97 Å².